The van der Waals surface area contributed by atoms with E-state index in [1.54, 1.807) is 7.11 Å². The highest BCUT2D eigenvalue weighted by molar-refractivity contribution is 6.30. The van der Waals surface area contributed by atoms with Crippen LogP contribution in [-0.4, -0.2) is 12.3 Å². The molecule has 20 heavy (non-hydrogen) atoms. The molecular weight excluding hydrogens is 274 g/mol. The number of rotatable bonds is 3. The molecular formula is C16H12ClNO2. The van der Waals surface area contributed by atoms with E-state index in [0.717, 1.165) is 22.6 Å². The predicted octanol–water partition coefficient (Wildman–Crippen LogP) is 4.67. The summed E-state index contributed by atoms with van der Waals surface area (Å²) in [4.78, 5) is 0. The van der Waals surface area contributed by atoms with Crippen molar-refractivity contribution in [2.75, 3.05) is 7.11 Å². The molecule has 0 amide bonds. The maximum atomic E-state index is 5.98. The van der Waals surface area contributed by atoms with E-state index in [1.165, 1.54) is 0 Å². The summed E-state index contributed by atoms with van der Waals surface area (Å²) < 4.78 is 10.5. The molecule has 0 fully saturated rings. The molecule has 0 aliphatic rings. The zero-order chi connectivity index (χ0) is 13.9. The third-order valence-corrected chi connectivity index (χ3v) is 3.24. The molecule has 0 saturated heterocycles. The molecule has 0 bridgehead atoms. The second-order valence-electron chi connectivity index (χ2n) is 4.32. The number of hydrogen-bond acceptors (Lipinski definition) is 3. The molecule has 0 unspecified atom stereocenters. The lowest BCUT2D eigenvalue weighted by atomic mass is 10.1. The lowest BCUT2D eigenvalue weighted by molar-refractivity contribution is 0.415. The molecule has 0 N–H and O–H groups in total. The van der Waals surface area contributed by atoms with Gasteiger partial charge in [0.1, 0.15) is 11.4 Å². The van der Waals surface area contributed by atoms with Crippen LogP contribution < -0.4 is 4.74 Å². The molecule has 0 saturated carbocycles. The summed E-state index contributed by atoms with van der Waals surface area (Å²) in [5.41, 5.74) is 2.66. The van der Waals surface area contributed by atoms with Crippen molar-refractivity contribution < 1.29 is 9.26 Å². The van der Waals surface area contributed by atoms with Gasteiger partial charge in [0.15, 0.2) is 5.76 Å². The SMILES string of the molecule is COc1ccc(-c2cc(-c3cccc(Cl)c3)on2)cc1. The minimum atomic E-state index is 0.671. The van der Waals surface area contributed by atoms with Crippen molar-refractivity contribution >= 4 is 11.6 Å². The smallest absolute Gasteiger partial charge is 0.167 e. The van der Waals surface area contributed by atoms with Crippen molar-refractivity contribution in [2.45, 2.75) is 0 Å². The lowest BCUT2D eigenvalue weighted by Gasteiger charge is -1.99. The first kappa shape index (κ1) is 12.8. The highest BCUT2D eigenvalue weighted by atomic mass is 35.5. The van der Waals surface area contributed by atoms with Crippen molar-refractivity contribution in [2.24, 2.45) is 0 Å². The molecule has 3 rings (SSSR count). The van der Waals surface area contributed by atoms with Crippen LogP contribution in [-0.2, 0) is 0 Å². The Kier molecular flexibility index (Phi) is 3.44. The number of aromatic nitrogens is 1. The molecule has 0 radical (unpaired) electrons. The van der Waals surface area contributed by atoms with Gasteiger partial charge in [-0.2, -0.15) is 0 Å². The monoisotopic (exact) mass is 285 g/mol. The van der Waals surface area contributed by atoms with E-state index in [-0.39, 0.29) is 0 Å². The summed E-state index contributed by atoms with van der Waals surface area (Å²) in [6.07, 6.45) is 0. The Labute approximate surface area is 121 Å². The van der Waals surface area contributed by atoms with Gasteiger partial charge >= 0.3 is 0 Å². The Morgan fingerprint density at radius 2 is 1.80 bits per heavy atom. The first-order chi connectivity index (χ1) is 9.76. The molecule has 1 aromatic heterocycles. The second kappa shape index (κ2) is 5.39. The van der Waals surface area contributed by atoms with Crippen molar-refractivity contribution in [1.29, 1.82) is 0 Å². The summed E-state index contributed by atoms with van der Waals surface area (Å²) in [6.45, 7) is 0. The minimum absolute atomic E-state index is 0.671. The van der Waals surface area contributed by atoms with Crippen LogP contribution in [0.2, 0.25) is 5.02 Å². The van der Waals surface area contributed by atoms with Gasteiger partial charge in [0.2, 0.25) is 0 Å². The largest absolute Gasteiger partial charge is 0.497 e. The summed E-state index contributed by atoms with van der Waals surface area (Å²) >= 11 is 5.98. The normalized spacial score (nSPS) is 10.5. The van der Waals surface area contributed by atoms with E-state index in [1.807, 2.05) is 54.6 Å². The van der Waals surface area contributed by atoms with E-state index in [4.69, 9.17) is 20.9 Å². The zero-order valence-electron chi connectivity index (χ0n) is 10.8. The highest BCUT2D eigenvalue weighted by Crippen LogP contribution is 2.28. The molecule has 100 valence electrons. The maximum Gasteiger partial charge on any atom is 0.167 e. The third kappa shape index (κ3) is 2.53. The molecule has 2 aromatic carbocycles. The number of halogens is 1. The molecule has 1 heterocycles. The van der Waals surface area contributed by atoms with E-state index < -0.39 is 0 Å². The van der Waals surface area contributed by atoms with Gasteiger partial charge in [0.05, 0.1) is 7.11 Å². The first-order valence-corrected chi connectivity index (χ1v) is 6.51. The van der Waals surface area contributed by atoms with Crippen LogP contribution in [0.4, 0.5) is 0 Å². The predicted molar refractivity (Wildman–Crippen MR) is 78.9 cm³/mol. The van der Waals surface area contributed by atoms with Crippen LogP contribution in [0.3, 0.4) is 0 Å². The Morgan fingerprint density at radius 3 is 2.50 bits per heavy atom. The summed E-state index contributed by atoms with van der Waals surface area (Å²) in [6, 6.07) is 17.1. The minimum Gasteiger partial charge on any atom is -0.497 e. The Balaban J connectivity index is 1.93. The van der Waals surface area contributed by atoms with Crippen LogP contribution >= 0.6 is 11.6 Å². The van der Waals surface area contributed by atoms with Crippen LogP contribution in [0, 0.1) is 0 Å². The van der Waals surface area contributed by atoms with Gasteiger partial charge in [0.25, 0.3) is 0 Å². The molecule has 0 aliphatic heterocycles. The summed E-state index contributed by atoms with van der Waals surface area (Å²) in [7, 11) is 1.64. The molecule has 0 atom stereocenters. The van der Waals surface area contributed by atoms with Gasteiger partial charge in [-0.1, -0.05) is 28.9 Å². The fourth-order valence-corrected chi connectivity index (χ4v) is 2.14. The zero-order valence-corrected chi connectivity index (χ0v) is 11.6. The fraction of sp³-hybridized carbons (Fsp3) is 0.0625. The second-order valence-corrected chi connectivity index (χ2v) is 4.75. The van der Waals surface area contributed by atoms with Crippen molar-refractivity contribution in [3.8, 4) is 28.3 Å². The highest BCUT2D eigenvalue weighted by Gasteiger charge is 2.09. The summed E-state index contributed by atoms with van der Waals surface area (Å²) in [5, 5.41) is 4.76. The van der Waals surface area contributed by atoms with Gasteiger partial charge < -0.3 is 9.26 Å². The number of benzene rings is 2. The van der Waals surface area contributed by atoms with Crippen LogP contribution in [0.15, 0.2) is 59.1 Å². The van der Waals surface area contributed by atoms with Gasteiger partial charge in [-0.3, -0.25) is 0 Å². The van der Waals surface area contributed by atoms with Gasteiger partial charge in [0, 0.05) is 22.2 Å². The topological polar surface area (TPSA) is 35.3 Å². The van der Waals surface area contributed by atoms with E-state index in [9.17, 15) is 0 Å². The number of nitrogens with zero attached hydrogens (tertiary/aromatic N) is 1. The van der Waals surface area contributed by atoms with E-state index >= 15 is 0 Å². The van der Waals surface area contributed by atoms with Crippen molar-refractivity contribution in [1.82, 2.24) is 5.16 Å². The van der Waals surface area contributed by atoms with Gasteiger partial charge in [-0.05, 0) is 36.4 Å². The maximum absolute atomic E-state index is 5.98. The summed E-state index contributed by atoms with van der Waals surface area (Å²) in [5.74, 6) is 1.51. The molecule has 0 aliphatic carbocycles. The van der Waals surface area contributed by atoms with Crippen molar-refractivity contribution in [3.05, 3.63) is 59.6 Å². The van der Waals surface area contributed by atoms with Crippen LogP contribution in [0.25, 0.3) is 22.6 Å². The molecule has 4 heteroatoms. The average molecular weight is 286 g/mol. The van der Waals surface area contributed by atoms with Crippen LogP contribution in [0.1, 0.15) is 0 Å². The van der Waals surface area contributed by atoms with Gasteiger partial charge in [-0.25, -0.2) is 0 Å². The van der Waals surface area contributed by atoms with Crippen LogP contribution in [0.5, 0.6) is 5.75 Å². The fourth-order valence-electron chi connectivity index (χ4n) is 1.95. The molecule has 3 nitrogen and oxygen atoms in total. The average Bonchev–Trinajstić information content (AvgIpc) is 2.97. The molecule has 0 spiro atoms. The quantitative estimate of drug-likeness (QED) is 0.701. The van der Waals surface area contributed by atoms with E-state index in [0.29, 0.717) is 10.8 Å². The van der Waals surface area contributed by atoms with Crippen molar-refractivity contribution in [3.63, 3.8) is 0 Å². The number of ether oxygens (including phenoxy) is 1. The standard InChI is InChI=1S/C16H12ClNO2/c1-19-14-7-5-11(6-8-14)15-10-16(20-18-15)12-3-2-4-13(17)9-12/h2-10H,1H3. The lowest BCUT2D eigenvalue weighted by Crippen LogP contribution is -1.82. The molecule has 3 aromatic rings. The Hall–Kier alpha value is -2.26. The Morgan fingerprint density at radius 1 is 1.00 bits per heavy atom. The first-order valence-electron chi connectivity index (χ1n) is 6.13. The third-order valence-electron chi connectivity index (χ3n) is 3.01. The Bertz CT molecular complexity index is 719. The van der Waals surface area contributed by atoms with E-state index in [2.05, 4.69) is 5.16 Å². The number of methoxy groups -OCH3 is 1. The number of hydrogen-bond donors (Lipinski definition) is 0. The van der Waals surface area contributed by atoms with Gasteiger partial charge in [-0.15, -0.1) is 0 Å².